The van der Waals surface area contributed by atoms with E-state index >= 15 is 0 Å². The lowest BCUT2D eigenvalue weighted by molar-refractivity contribution is -0.128. The Kier molecular flexibility index (Phi) is 5.79. The molecule has 24 heavy (non-hydrogen) atoms. The molecule has 0 aromatic carbocycles. The zero-order valence-electron chi connectivity index (χ0n) is 15.0. The van der Waals surface area contributed by atoms with Gasteiger partial charge in [-0.25, -0.2) is 0 Å². The van der Waals surface area contributed by atoms with Crippen molar-refractivity contribution in [2.75, 3.05) is 26.2 Å². The molecule has 0 aromatic rings. The molecule has 1 aliphatic heterocycles. The lowest BCUT2D eigenvalue weighted by Gasteiger charge is -2.32. The van der Waals surface area contributed by atoms with Crippen LogP contribution in [-0.4, -0.2) is 60.3 Å². The predicted octanol–water partition coefficient (Wildman–Crippen LogP) is 1.73. The van der Waals surface area contributed by atoms with Gasteiger partial charge in [-0.2, -0.15) is 8.42 Å². The lowest BCUT2D eigenvalue weighted by Crippen LogP contribution is -2.38. The second kappa shape index (κ2) is 7.02. The Hall–Kier alpha value is -0.500. The highest BCUT2D eigenvalue weighted by Crippen LogP contribution is 2.64. The maximum Gasteiger partial charge on any atom is 0.275 e. The molecule has 2 aliphatic carbocycles. The lowest BCUT2D eigenvalue weighted by atomic mass is 9.70. The molecule has 1 saturated heterocycles. The van der Waals surface area contributed by atoms with E-state index in [-0.39, 0.29) is 17.1 Å². The van der Waals surface area contributed by atoms with Crippen LogP contribution in [0.2, 0.25) is 0 Å². The van der Waals surface area contributed by atoms with Crippen molar-refractivity contribution in [3.05, 3.63) is 0 Å². The van der Waals surface area contributed by atoms with Gasteiger partial charge in [0.05, 0.1) is 6.61 Å². The van der Waals surface area contributed by atoms with Gasteiger partial charge >= 0.3 is 0 Å². The first-order chi connectivity index (χ1) is 11.1. The van der Waals surface area contributed by atoms with Crippen molar-refractivity contribution in [1.29, 1.82) is 0 Å². The van der Waals surface area contributed by atoms with E-state index in [1.165, 1.54) is 32.4 Å². The highest BCUT2D eigenvalue weighted by atomic mass is 32.2. The van der Waals surface area contributed by atoms with Crippen molar-refractivity contribution in [3.63, 3.8) is 0 Å². The first-order valence-corrected chi connectivity index (χ1v) is 10.4. The number of piperidine rings is 1. The molecular formula is C17H31NO5S. The average Bonchev–Trinajstić information content (AvgIpc) is 2.80. The monoisotopic (exact) mass is 361 g/mol. The number of Topliss-reactive ketones (excluding diaryl/α,β-unsaturated/α-hetero) is 1. The number of rotatable bonds is 3. The Morgan fingerprint density at radius 1 is 1.17 bits per heavy atom. The van der Waals surface area contributed by atoms with E-state index in [9.17, 15) is 13.2 Å². The maximum atomic E-state index is 12.0. The Labute approximate surface area is 145 Å². The molecular weight excluding hydrogens is 330 g/mol. The van der Waals surface area contributed by atoms with Crippen LogP contribution in [-0.2, 0) is 14.9 Å². The van der Waals surface area contributed by atoms with Crippen molar-refractivity contribution in [2.45, 2.75) is 58.1 Å². The summed E-state index contributed by atoms with van der Waals surface area (Å²) in [5, 5.41) is 7.39. The highest BCUT2D eigenvalue weighted by Gasteiger charge is 2.69. The SMILES string of the molecule is CC12CCC(C(S(=O)(=O)O)C1=O)C2(C)C.OCCN1CCCCC1. The first-order valence-electron chi connectivity index (χ1n) is 8.89. The van der Waals surface area contributed by atoms with Crippen LogP contribution in [0.4, 0.5) is 0 Å². The number of aliphatic hydroxyl groups excluding tert-OH is 1. The fourth-order valence-electron chi connectivity index (χ4n) is 4.67. The molecule has 140 valence electrons. The Bertz CT molecular complexity index is 565. The number of carbonyl (C=O) groups excluding carboxylic acids is 1. The van der Waals surface area contributed by atoms with Crippen molar-refractivity contribution in [2.24, 2.45) is 16.7 Å². The van der Waals surface area contributed by atoms with E-state index in [4.69, 9.17) is 9.66 Å². The topological polar surface area (TPSA) is 94.9 Å². The molecule has 3 atom stereocenters. The molecule has 0 aromatic heterocycles. The molecule has 0 spiro atoms. The molecule has 6 nitrogen and oxygen atoms in total. The van der Waals surface area contributed by atoms with Gasteiger partial charge in [0.15, 0.2) is 5.78 Å². The second-order valence-corrected chi connectivity index (χ2v) is 9.66. The van der Waals surface area contributed by atoms with Crippen LogP contribution in [0.5, 0.6) is 0 Å². The third-order valence-corrected chi connectivity index (χ3v) is 7.84. The number of fused-ring (bicyclic) bond motifs is 2. The molecule has 3 unspecified atom stereocenters. The third-order valence-electron chi connectivity index (χ3n) is 6.66. The molecule has 2 saturated carbocycles. The van der Waals surface area contributed by atoms with Crippen LogP contribution in [0.25, 0.3) is 0 Å². The third kappa shape index (κ3) is 3.41. The maximum absolute atomic E-state index is 12.0. The van der Waals surface area contributed by atoms with Gasteiger partial charge in [-0.05, 0) is 50.1 Å². The van der Waals surface area contributed by atoms with Gasteiger partial charge in [0.25, 0.3) is 10.1 Å². The number of hydrogen-bond acceptors (Lipinski definition) is 5. The van der Waals surface area contributed by atoms with Crippen LogP contribution in [0.1, 0.15) is 52.9 Å². The molecule has 3 aliphatic rings. The summed E-state index contributed by atoms with van der Waals surface area (Å²) >= 11 is 0. The predicted molar refractivity (Wildman–Crippen MR) is 92.3 cm³/mol. The standard InChI is InChI=1S/C10H16O4S.C7H15NO/c1-9(2)6-4-5-10(9,3)8(11)7(6)15(12,13)14;9-7-6-8-4-2-1-3-5-8/h6-7H,4-5H2,1-3H3,(H,12,13,14);9H,1-7H2. The summed E-state index contributed by atoms with van der Waals surface area (Å²) in [5.41, 5.74) is -0.914. The first kappa shape index (κ1) is 19.8. The van der Waals surface area contributed by atoms with Gasteiger partial charge in [0.2, 0.25) is 0 Å². The summed E-state index contributed by atoms with van der Waals surface area (Å²) in [6.45, 7) is 9.25. The molecule has 0 amide bonds. The average molecular weight is 362 g/mol. The molecule has 2 bridgehead atoms. The summed E-state index contributed by atoms with van der Waals surface area (Å²) < 4.78 is 31.5. The van der Waals surface area contributed by atoms with E-state index in [1.807, 2.05) is 20.8 Å². The van der Waals surface area contributed by atoms with Gasteiger partial charge in [-0.1, -0.05) is 27.2 Å². The number of hydrogen-bond donors (Lipinski definition) is 2. The fourth-order valence-corrected chi connectivity index (χ4v) is 6.09. The summed E-state index contributed by atoms with van der Waals surface area (Å²) in [7, 11) is -4.24. The number of β-amino-alcohol motifs (C(OH)–C–C–N with tert-alkyl or cyclic N) is 1. The number of aliphatic hydroxyl groups is 1. The van der Waals surface area contributed by atoms with Gasteiger partial charge < -0.3 is 10.0 Å². The fraction of sp³-hybridized carbons (Fsp3) is 0.941. The van der Waals surface area contributed by atoms with E-state index in [0.29, 0.717) is 13.0 Å². The van der Waals surface area contributed by atoms with E-state index in [2.05, 4.69) is 4.90 Å². The zero-order valence-corrected chi connectivity index (χ0v) is 15.8. The molecule has 7 heteroatoms. The summed E-state index contributed by atoms with van der Waals surface area (Å²) in [5.74, 6) is -0.531. The highest BCUT2D eigenvalue weighted by molar-refractivity contribution is 7.87. The van der Waals surface area contributed by atoms with Crippen molar-refractivity contribution in [3.8, 4) is 0 Å². The number of nitrogens with zero attached hydrogens (tertiary/aromatic N) is 1. The van der Waals surface area contributed by atoms with Gasteiger partial charge in [-0.3, -0.25) is 9.35 Å². The van der Waals surface area contributed by atoms with Gasteiger partial charge in [-0.15, -0.1) is 0 Å². The van der Waals surface area contributed by atoms with Gasteiger partial charge in [0, 0.05) is 12.0 Å². The Morgan fingerprint density at radius 2 is 1.75 bits per heavy atom. The summed E-state index contributed by atoms with van der Waals surface area (Å²) in [6, 6.07) is 0. The summed E-state index contributed by atoms with van der Waals surface area (Å²) in [4.78, 5) is 14.3. The largest absolute Gasteiger partial charge is 0.395 e. The smallest absolute Gasteiger partial charge is 0.275 e. The molecule has 1 heterocycles. The van der Waals surface area contributed by atoms with E-state index in [0.717, 1.165) is 13.0 Å². The normalized spacial score (nSPS) is 35.6. The minimum Gasteiger partial charge on any atom is -0.395 e. The minimum absolute atomic E-state index is 0.231. The molecule has 0 radical (unpaired) electrons. The zero-order chi connectivity index (χ0) is 18.2. The number of carbonyl (C=O) groups is 1. The van der Waals surface area contributed by atoms with Crippen LogP contribution >= 0.6 is 0 Å². The summed E-state index contributed by atoms with van der Waals surface area (Å²) in [6.07, 6.45) is 5.46. The second-order valence-electron chi connectivity index (χ2n) is 8.12. The number of ketones is 1. The van der Waals surface area contributed by atoms with Crippen LogP contribution < -0.4 is 0 Å². The molecule has 3 rings (SSSR count). The van der Waals surface area contributed by atoms with Crippen molar-refractivity contribution >= 4 is 15.9 Å². The van der Waals surface area contributed by atoms with E-state index < -0.39 is 20.8 Å². The molecule has 2 N–H and O–H groups in total. The van der Waals surface area contributed by atoms with Crippen molar-refractivity contribution in [1.82, 2.24) is 4.90 Å². The number of likely N-dealkylation sites (tertiary alicyclic amines) is 1. The van der Waals surface area contributed by atoms with Crippen LogP contribution in [0, 0.1) is 16.7 Å². The van der Waals surface area contributed by atoms with Crippen LogP contribution in [0.15, 0.2) is 0 Å². The minimum atomic E-state index is -4.24. The van der Waals surface area contributed by atoms with Gasteiger partial charge in [0.1, 0.15) is 5.25 Å². The van der Waals surface area contributed by atoms with E-state index in [1.54, 1.807) is 0 Å². The van der Waals surface area contributed by atoms with Crippen molar-refractivity contribution < 1.29 is 22.9 Å². The van der Waals surface area contributed by atoms with Crippen LogP contribution in [0.3, 0.4) is 0 Å². The molecule has 3 fully saturated rings. The Balaban J connectivity index is 0.000000198. The Morgan fingerprint density at radius 3 is 2.12 bits per heavy atom. The quantitative estimate of drug-likeness (QED) is 0.744.